The number of rotatable bonds is 7. The molecule has 1 N–H and O–H groups in total. The van der Waals surface area contributed by atoms with Gasteiger partial charge in [0.05, 0.1) is 0 Å². The lowest BCUT2D eigenvalue weighted by molar-refractivity contribution is 0.491. The second-order valence-corrected chi connectivity index (χ2v) is 4.35. The molecule has 1 atom stereocenters. The van der Waals surface area contributed by atoms with Crippen molar-refractivity contribution < 1.29 is 0 Å². The molecule has 1 heteroatoms. The van der Waals surface area contributed by atoms with E-state index in [0.717, 1.165) is 13.0 Å². The molecule has 1 rings (SSSR count). The van der Waals surface area contributed by atoms with Gasteiger partial charge >= 0.3 is 0 Å². The quantitative estimate of drug-likeness (QED) is 0.728. The van der Waals surface area contributed by atoms with Gasteiger partial charge in [0.15, 0.2) is 0 Å². The van der Waals surface area contributed by atoms with Crippen molar-refractivity contribution in [3.05, 3.63) is 35.4 Å². The first kappa shape index (κ1) is 13.2. The topological polar surface area (TPSA) is 12.0 Å². The van der Waals surface area contributed by atoms with E-state index in [9.17, 15) is 0 Å². The second-order valence-electron chi connectivity index (χ2n) is 4.35. The summed E-state index contributed by atoms with van der Waals surface area (Å²) < 4.78 is 0. The van der Waals surface area contributed by atoms with Gasteiger partial charge < -0.3 is 5.32 Å². The van der Waals surface area contributed by atoms with Crippen molar-refractivity contribution in [3.63, 3.8) is 0 Å². The minimum Gasteiger partial charge on any atom is -0.310 e. The van der Waals surface area contributed by atoms with Gasteiger partial charge in [-0.05, 0) is 36.9 Å². The molecule has 0 saturated heterocycles. The summed E-state index contributed by atoms with van der Waals surface area (Å²) >= 11 is 0. The third kappa shape index (κ3) is 3.64. The first-order valence-electron chi connectivity index (χ1n) is 6.64. The molecule has 0 amide bonds. The van der Waals surface area contributed by atoms with Gasteiger partial charge in [0.2, 0.25) is 0 Å². The molecule has 0 aliphatic rings. The highest BCUT2D eigenvalue weighted by Crippen LogP contribution is 2.22. The fourth-order valence-corrected chi connectivity index (χ4v) is 2.17. The largest absolute Gasteiger partial charge is 0.310 e. The third-order valence-corrected chi connectivity index (χ3v) is 3.03. The standard InChI is InChI=1S/C15H25N/c1-4-9-15(16-12-5-2)14-11-8-7-10-13(14)6-3/h7-8,10-11,15-16H,4-6,9,12H2,1-3H3. The normalized spacial score (nSPS) is 12.7. The molecule has 0 spiro atoms. The van der Waals surface area contributed by atoms with Gasteiger partial charge in [-0.3, -0.25) is 0 Å². The Kier molecular flexibility index (Phi) is 6.17. The predicted octanol–water partition coefficient (Wildman–Crippen LogP) is 4.09. The van der Waals surface area contributed by atoms with Crippen molar-refractivity contribution in [1.82, 2.24) is 5.32 Å². The van der Waals surface area contributed by atoms with Crippen molar-refractivity contribution >= 4 is 0 Å². The number of aryl methyl sites for hydroxylation is 1. The van der Waals surface area contributed by atoms with Crippen LogP contribution in [0.2, 0.25) is 0 Å². The van der Waals surface area contributed by atoms with Crippen LogP contribution in [0.5, 0.6) is 0 Å². The third-order valence-electron chi connectivity index (χ3n) is 3.03. The monoisotopic (exact) mass is 219 g/mol. The fraction of sp³-hybridized carbons (Fsp3) is 0.600. The summed E-state index contributed by atoms with van der Waals surface area (Å²) in [6.07, 6.45) is 4.80. The van der Waals surface area contributed by atoms with E-state index in [1.165, 1.54) is 30.4 Å². The lowest BCUT2D eigenvalue weighted by Gasteiger charge is -2.21. The highest BCUT2D eigenvalue weighted by atomic mass is 14.9. The van der Waals surface area contributed by atoms with E-state index >= 15 is 0 Å². The smallest absolute Gasteiger partial charge is 0.0322 e. The molecule has 0 fully saturated rings. The summed E-state index contributed by atoms with van der Waals surface area (Å²) in [6.45, 7) is 7.83. The maximum absolute atomic E-state index is 3.66. The van der Waals surface area contributed by atoms with Crippen LogP contribution in [0.15, 0.2) is 24.3 Å². The van der Waals surface area contributed by atoms with Crippen LogP contribution in [0.25, 0.3) is 0 Å². The Morgan fingerprint density at radius 1 is 1.06 bits per heavy atom. The lowest BCUT2D eigenvalue weighted by atomic mass is 9.95. The van der Waals surface area contributed by atoms with Gasteiger partial charge in [-0.2, -0.15) is 0 Å². The molecule has 1 unspecified atom stereocenters. The average Bonchev–Trinajstić information content (AvgIpc) is 2.34. The summed E-state index contributed by atoms with van der Waals surface area (Å²) in [7, 11) is 0. The molecular weight excluding hydrogens is 194 g/mol. The van der Waals surface area contributed by atoms with Crippen LogP contribution < -0.4 is 5.32 Å². The van der Waals surface area contributed by atoms with Crippen molar-refractivity contribution in [1.29, 1.82) is 0 Å². The first-order valence-corrected chi connectivity index (χ1v) is 6.64. The average molecular weight is 219 g/mol. The van der Waals surface area contributed by atoms with E-state index in [2.05, 4.69) is 50.4 Å². The van der Waals surface area contributed by atoms with E-state index in [1.54, 1.807) is 0 Å². The highest BCUT2D eigenvalue weighted by Gasteiger charge is 2.12. The van der Waals surface area contributed by atoms with Crippen LogP contribution in [0.1, 0.15) is 57.2 Å². The van der Waals surface area contributed by atoms with Crippen molar-refractivity contribution in [2.75, 3.05) is 6.54 Å². The Morgan fingerprint density at radius 3 is 2.44 bits per heavy atom. The van der Waals surface area contributed by atoms with Crippen LogP contribution >= 0.6 is 0 Å². The molecule has 0 heterocycles. The van der Waals surface area contributed by atoms with Crippen LogP contribution in [-0.2, 0) is 6.42 Å². The molecule has 1 nitrogen and oxygen atoms in total. The zero-order chi connectivity index (χ0) is 11.8. The van der Waals surface area contributed by atoms with Gasteiger partial charge in [-0.1, -0.05) is 51.5 Å². The van der Waals surface area contributed by atoms with Gasteiger partial charge in [-0.25, -0.2) is 0 Å². The Balaban J connectivity index is 2.81. The number of benzene rings is 1. The Labute approximate surface area is 100 Å². The van der Waals surface area contributed by atoms with Gasteiger partial charge in [0.25, 0.3) is 0 Å². The van der Waals surface area contributed by atoms with Crippen LogP contribution in [0.3, 0.4) is 0 Å². The molecule has 0 aliphatic carbocycles. The molecule has 0 bridgehead atoms. The Morgan fingerprint density at radius 2 is 1.81 bits per heavy atom. The van der Waals surface area contributed by atoms with Gasteiger partial charge in [0, 0.05) is 6.04 Å². The van der Waals surface area contributed by atoms with E-state index in [4.69, 9.17) is 0 Å². The molecule has 90 valence electrons. The summed E-state index contributed by atoms with van der Waals surface area (Å²) in [5.41, 5.74) is 2.99. The molecule has 16 heavy (non-hydrogen) atoms. The molecule has 0 aliphatic heterocycles. The maximum atomic E-state index is 3.66. The lowest BCUT2D eigenvalue weighted by Crippen LogP contribution is -2.23. The predicted molar refractivity (Wildman–Crippen MR) is 71.8 cm³/mol. The highest BCUT2D eigenvalue weighted by molar-refractivity contribution is 5.30. The van der Waals surface area contributed by atoms with E-state index < -0.39 is 0 Å². The second kappa shape index (κ2) is 7.45. The number of nitrogens with one attached hydrogen (secondary N) is 1. The zero-order valence-corrected chi connectivity index (χ0v) is 10.9. The number of hydrogen-bond donors (Lipinski definition) is 1. The molecule has 0 aromatic heterocycles. The maximum Gasteiger partial charge on any atom is 0.0322 e. The molecular formula is C15H25N. The van der Waals surface area contributed by atoms with Gasteiger partial charge in [-0.15, -0.1) is 0 Å². The van der Waals surface area contributed by atoms with E-state index in [-0.39, 0.29) is 0 Å². The van der Waals surface area contributed by atoms with Crippen LogP contribution in [-0.4, -0.2) is 6.54 Å². The number of hydrogen-bond acceptors (Lipinski definition) is 1. The van der Waals surface area contributed by atoms with Crippen LogP contribution in [0.4, 0.5) is 0 Å². The van der Waals surface area contributed by atoms with E-state index in [0.29, 0.717) is 6.04 Å². The fourth-order valence-electron chi connectivity index (χ4n) is 2.17. The SMILES string of the molecule is CCCNC(CCC)c1ccccc1CC. The molecule has 1 aromatic rings. The summed E-state index contributed by atoms with van der Waals surface area (Å²) in [6, 6.07) is 9.38. The van der Waals surface area contributed by atoms with E-state index in [1.807, 2.05) is 0 Å². The molecule has 0 radical (unpaired) electrons. The zero-order valence-electron chi connectivity index (χ0n) is 10.9. The minimum absolute atomic E-state index is 0.543. The van der Waals surface area contributed by atoms with Crippen molar-refractivity contribution in [2.24, 2.45) is 0 Å². The summed E-state index contributed by atoms with van der Waals surface area (Å²) in [5, 5.41) is 3.66. The minimum atomic E-state index is 0.543. The molecule has 1 aromatic carbocycles. The van der Waals surface area contributed by atoms with Crippen molar-refractivity contribution in [2.45, 2.75) is 52.5 Å². The first-order chi connectivity index (χ1) is 7.83. The Hall–Kier alpha value is -0.820. The molecule has 0 saturated carbocycles. The summed E-state index contributed by atoms with van der Waals surface area (Å²) in [4.78, 5) is 0. The van der Waals surface area contributed by atoms with Crippen molar-refractivity contribution in [3.8, 4) is 0 Å². The van der Waals surface area contributed by atoms with Gasteiger partial charge in [0.1, 0.15) is 0 Å². The van der Waals surface area contributed by atoms with Crippen LogP contribution in [0, 0.1) is 0 Å². The Bertz CT molecular complexity index is 293. The summed E-state index contributed by atoms with van der Waals surface area (Å²) in [5.74, 6) is 0.